The molecule has 0 radical (unpaired) electrons. The van der Waals surface area contributed by atoms with Crippen molar-refractivity contribution in [1.82, 2.24) is 24.9 Å². The predicted molar refractivity (Wildman–Crippen MR) is 153 cm³/mol. The smallest absolute Gasteiger partial charge is 0.317 e. The zero-order valence-corrected chi connectivity index (χ0v) is 23.3. The maximum atomic E-state index is 13.8. The summed E-state index contributed by atoms with van der Waals surface area (Å²) in [7, 11) is 1.84. The number of hydrogen-bond acceptors (Lipinski definition) is 5. The first-order valence-corrected chi connectivity index (χ1v) is 14.0. The number of carbonyl (C=O) groups is 2. The lowest BCUT2D eigenvalue weighted by Gasteiger charge is -2.34. The number of urea groups is 1. The number of piperazine rings is 1. The minimum absolute atomic E-state index is 0.0723. The average molecular weight is 569 g/mol. The molecule has 9 nitrogen and oxygen atoms in total. The molecule has 3 amide bonds. The monoisotopic (exact) mass is 567 g/mol. The third-order valence-electron chi connectivity index (χ3n) is 7.67. The molecular formula is C28H31Cl2N7O2. The highest BCUT2D eigenvalue weighted by atomic mass is 35.5. The Morgan fingerprint density at radius 2 is 1.87 bits per heavy atom. The van der Waals surface area contributed by atoms with Crippen molar-refractivity contribution >= 4 is 52.3 Å². The van der Waals surface area contributed by atoms with E-state index in [9.17, 15) is 9.59 Å². The van der Waals surface area contributed by atoms with E-state index in [2.05, 4.69) is 20.6 Å². The van der Waals surface area contributed by atoms with Gasteiger partial charge in [0.05, 0.1) is 34.7 Å². The van der Waals surface area contributed by atoms with Gasteiger partial charge < -0.3 is 20.4 Å². The third-order valence-corrected chi connectivity index (χ3v) is 8.22. The molecule has 0 spiro atoms. The van der Waals surface area contributed by atoms with Gasteiger partial charge in [0.1, 0.15) is 5.82 Å². The fourth-order valence-corrected chi connectivity index (χ4v) is 5.70. The molecule has 2 aromatic carbocycles. The van der Waals surface area contributed by atoms with Crippen LogP contribution in [0.1, 0.15) is 34.3 Å². The van der Waals surface area contributed by atoms with Crippen LogP contribution in [0.2, 0.25) is 10.0 Å². The molecule has 2 fully saturated rings. The number of anilines is 3. The Kier molecular flexibility index (Phi) is 7.14. The summed E-state index contributed by atoms with van der Waals surface area (Å²) >= 11 is 12.9. The lowest BCUT2D eigenvalue weighted by Crippen LogP contribution is -2.51. The molecule has 2 aliphatic heterocycles. The number of halogens is 2. The van der Waals surface area contributed by atoms with Gasteiger partial charge in [0.2, 0.25) is 0 Å². The minimum Gasteiger partial charge on any atom is -0.338 e. The molecule has 204 valence electrons. The van der Waals surface area contributed by atoms with Crippen LogP contribution in [0.25, 0.3) is 0 Å². The van der Waals surface area contributed by atoms with Gasteiger partial charge in [-0.25, -0.2) is 4.79 Å². The molecule has 1 saturated carbocycles. The lowest BCUT2D eigenvalue weighted by molar-refractivity contribution is 0.0985. The van der Waals surface area contributed by atoms with Gasteiger partial charge in [0.25, 0.3) is 5.91 Å². The Morgan fingerprint density at radius 3 is 2.62 bits per heavy atom. The van der Waals surface area contributed by atoms with E-state index in [1.54, 1.807) is 40.0 Å². The first-order chi connectivity index (χ1) is 18.9. The summed E-state index contributed by atoms with van der Waals surface area (Å²) in [5.74, 6) is 1.43. The van der Waals surface area contributed by atoms with E-state index in [0.717, 1.165) is 55.6 Å². The van der Waals surface area contributed by atoms with E-state index < -0.39 is 0 Å². The third kappa shape index (κ3) is 5.57. The van der Waals surface area contributed by atoms with Crippen molar-refractivity contribution in [3.63, 3.8) is 0 Å². The highest BCUT2D eigenvalue weighted by molar-refractivity contribution is 6.35. The number of nitrogens with one attached hydrogen (secondary N) is 2. The lowest BCUT2D eigenvalue weighted by atomic mass is 10.1. The largest absolute Gasteiger partial charge is 0.338 e. The number of rotatable bonds is 5. The van der Waals surface area contributed by atoms with Crippen LogP contribution in [0.3, 0.4) is 0 Å². The van der Waals surface area contributed by atoms with Crippen molar-refractivity contribution in [2.45, 2.75) is 25.9 Å². The van der Waals surface area contributed by atoms with Gasteiger partial charge in [-0.05, 0) is 54.7 Å². The van der Waals surface area contributed by atoms with Gasteiger partial charge in [0, 0.05) is 56.9 Å². The Morgan fingerprint density at radius 1 is 1.08 bits per heavy atom. The van der Waals surface area contributed by atoms with Crippen LogP contribution in [-0.2, 0) is 20.1 Å². The molecule has 1 saturated heterocycles. The summed E-state index contributed by atoms with van der Waals surface area (Å²) in [6.07, 6.45) is 4.43. The van der Waals surface area contributed by atoms with E-state index in [4.69, 9.17) is 23.2 Å². The summed E-state index contributed by atoms with van der Waals surface area (Å²) in [6.45, 7) is 5.15. The van der Waals surface area contributed by atoms with Gasteiger partial charge >= 0.3 is 6.03 Å². The standard InChI is InChI=1S/C28H31Cl2N7O2/c1-34-26-20(15-32-34)17-37(25-7-5-21(29)13-24(25)33-26)27(38)22-6-4-19(12-23(22)30)14-31-28(39)36-10-8-35(9-11-36)16-18-2-3-18/h4-7,12-13,15,18,33H,2-3,8-11,14,16-17H2,1H3,(H,31,39). The number of amides is 3. The quantitative estimate of drug-likeness (QED) is 0.459. The van der Waals surface area contributed by atoms with Crippen LogP contribution in [0.5, 0.6) is 0 Å². The summed E-state index contributed by atoms with van der Waals surface area (Å²) in [5.41, 5.74) is 3.50. The number of fused-ring (bicyclic) bond motifs is 2. The fraction of sp³-hybridized carbons (Fsp3) is 0.393. The first-order valence-electron chi connectivity index (χ1n) is 13.3. The van der Waals surface area contributed by atoms with Gasteiger partial charge in [0.15, 0.2) is 0 Å². The normalized spacial score (nSPS) is 17.2. The first kappa shape index (κ1) is 26.0. The Labute approximate surface area is 237 Å². The molecule has 1 aromatic heterocycles. The van der Waals surface area contributed by atoms with E-state index in [0.29, 0.717) is 40.1 Å². The molecule has 39 heavy (non-hydrogen) atoms. The Hall–Kier alpha value is -3.27. The second kappa shape index (κ2) is 10.7. The molecule has 6 rings (SSSR count). The molecule has 0 atom stereocenters. The van der Waals surface area contributed by atoms with Crippen LogP contribution in [0, 0.1) is 5.92 Å². The maximum Gasteiger partial charge on any atom is 0.317 e. The van der Waals surface area contributed by atoms with Crippen LogP contribution in [0.4, 0.5) is 22.0 Å². The van der Waals surface area contributed by atoms with Gasteiger partial charge in [-0.15, -0.1) is 0 Å². The summed E-state index contributed by atoms with van der Waals surface area (Å²) < 4.78 is 1.73. The van der Waals surface area contributed by atoms with Crippen molar-refractivity contribution in [3.05, 3.63) is 69.3 Å². The molecular weight excluding hydrogens is 537 g/mol. The number of carbonyl (C=O) groups excluding carboxylic acids is 2. The summed E-state index contributed by atoms with van der Waals surface area (Å²) in [5, 5.41) is 11.6. The molecule has 11 heteroatoms. The highest BCUT2D eigenvalue weighted by Gasteiger charge is 2.29. The molecule has 3 aromatic rings. The van der Waals surface area contributed by atoms with Crippen LogP contribution in [-0.4, -0.2) is 64.2 Å². The number of aryl methyl sites for hydroxylation is 1. The average Bonchev–Trinajstić information content (AvgIpc) is 3.71. The van der Waals surface area contributed by atoms with Crippen molar-refractivity contribution in [2.75, 3.05) is 42.9 Å². The molecule has 1 aliphatic carbocycles. The SMILES string of the molecule is Cn1ncc2c1Nc1cc(Cl)ccc1N(C(=O)c1ccc(CNC(=O)N3CCN(CC4CC4)CC3)cc1Cl)C2. The van der Waals surface area contributed by atoms with Gasteiger partial charge in [-0.3, -0.25) is 14.4 Å². The second-order valence-corrected chi connectivity index (χ2v) is 11.4. The van der Waals surface area contributed by atoms with Crippen LogP contribution < -0.4 is 15.5 Å². The molecule has 0 bridgehead atoms. The summed E-state index contributed by atoms with van der Waals surface area (Å²) in [4.78, 5) is 32.5. The number of hydrogen-bond donors (Lipinski definition) is 2. The second-order valence-electron chi connectivity index (χ2n) is 10.5. The van der Waals surface area contributed by atoms with E-state index in [1.807, 2.05) is 24.1 Å². The minimum atomic E-state index is -0.235. The van der Waals surface area contributed by atoms with E-state index in [-0.39, 0.29) is 11.9 Å². The molecule has 3 heterocycles. The summed E-state index contributed by atoms with van der Waals surface area (Å²) in [6, 6.07) is 10.6. The van der Waals surface area contributed by atoms with Gasteiger partial charge in [-0.1, -0.05) is 29.3 Å². The van der Waals surface area contributed by atoms with Crippen molar-refractivity contribution < 1.29 is 9.59 Å². The number of aromatic nitrogens is 2. The maximum absolute atomic E-state index is 13.8. The number of nitrogens with zero attached hydrogens (tertiary/aromatic N) is 5. The Bertz CT molecular complexity index is 1410. The fourth-order valence-electron chi connectivity index (χ4n) is 5.24. The van der Waals surface area contributed by atoms with Gasteiger partial charge in [-0.2, -0.15) is 5.10 Å². The van der Waals surface area contributed by atoms with Crippen molar-refractivity contribution in [3.8, 4) is 0 Å². The van der Waals surface area contributed by atoms with E-state index in [1.165, 1.54) is 12.8 Å². The zero-order chi connectivity index (χ0) is 27.1. The molecule has 0 unspecified atom stereocenters. The highest BCUT2D eigenvalue weighted by Crippen LogP contribution is 2.38. The van der Waals surface area contributed by atoms with Crippen LogP contribution >= 0.6 is 23.2 Å². The molecule has 2 N–H and O–H groups in total. The van der Waals surface area contributed by atoms with Crippen molar-refractivity contribution in [2.24, 2.45) is 13.0 Å². The predicted octanol–water partition coefficient (Wildman–Crippen LogP) is 4.87. The molecule has 3 aliphatic rings. The van der Waals surface area contributed by atoms with E-state index >= 15 is 0 Å². The topological polar surface area (TPSA) is 85.7 Å². The Balaban J connectivity index is 1.13. The number of benzene rings is 2. The van der Waals surface area contributed by atoms with Crippen molar-refractivity contribution in [1.29, 1.82) is 0 Å². The van der Waals surface area contributed by atoms with Crippen LogP contribution in [0.15, 0.2) is 42.6 Å². The zero-order valence-electron chi connectivity index (χ0n) is 21.8.